The van der Waals surface area contributed by atoms with Gasteiger partial charge in [-0.05, 0) is 33.6 Å². The molecule has 0 aliphatic carbocycles. The van der Waals surface area contributed by atoms with Crippen LogP contribution in [0.1, 0.15) is 38.8 Å². The summed E-state index contributed by atoms with van der Waals surface area (Å²) in [5, 5.41) is 7.57. The Labute approximate surface area is 136 Å². The van der Waals surface area contributed by atoms with Gasteiger partial charge in [0.2, 0.25) is 5.91 Å². The molecular weight excluding hydrogens is 294 g/mol. The Hall–Kier alpha value is -2.05. The van der Waals surface area contributed by atoms with Crippen molar-refractivity contribution >= 4 is 17.8 Å². The van der Waals surface area contributed by atoms with Gasteiger partial charge in [-0.25, -0.2) is 9.48 Å². The molecule has 0 aromatic carbocycles. The lowest BCUT2D eigenvalue weighted by Gasteiger charge is -2.46. The lowest BCUT2D eigenvalue weighted by molar-refractivity contribution is -0.122. The summed E-state index contributed by atoms with van der Waals surface area (Å²) in [6.45, 7) is 7.15. The molecule has 0 bridgehead atoms. The number of urea groups is 1. The Morgan fingerprint density at radius 2 is 2.00 bits per heavy atom. The topological polar surface area (TPSA) is 70.5 Å². The maximum Gasteiger partial charge on any atom is 0.317 e. The molecule has 0 atom stereocenters. The second kappa shape index (κ2) is 5.54. The van der Waals surface area contributed by atoms with E-state index in [0.29, 0.717) is 19.5 Å². The van der Waals surface area contributed by atoms with E-state index in [0.717, 1.165) is 24.4 Å². The number of amides is 3. The summed E-state index contributed by atoms with van der Waals surface area (Å²) in [6, 6.07) is 2.06. The van der Waals surface area contributed by atoms with Gasteiger partial charge in [0.25, 0.3) is 0 Å². The summed E-state index contributed by atoms with van der Waals surface area (Å²) in [4.78, 5) is 28.1. The second-order valence-corrected chi connectivity index (χ2v) is 7.00. The van der Waals surface area contributed by atoms with Crippen LogP contribution in [-0.2, 0) is 10.3 Å². The summed E-state index contributed by atoms with van der Waals surface area (Å²) in [5.74, 6) is 0.983. The van der Waals surface area contributed by atoms with Gasteiger partial charge in [0, 0.05) is 32.2 Å². The molecule has 7 heteroatoms. The first-order valence-corrected chi connectivity index (χ1v) is 8.21. The average molecular weight is 319 g/mol. The average Bonchev–Trinajstić information content (AvgIpc) is 2.88. The van der Waals surface area contributed by atoms with Gasteiger partial charge in [0.05, 0.1) is 17.7 Å². The maximum absolute atomic E-state index is 12.4. The molecule has 3 rings (SSSR count). The van der Waals surface area contributed by atoms with Crippen molar-refractivity contribution in [2.24, 2.45) is 0 Å². The minimum atomic E-state index is -0.290. The van der Waals surface area contributed by atoms with Crippen LogP contribution in [0.25, 0.3) is 0 Å². The maximum atomic E-state index is 12.4. The summed E-state index contributed by atoms with van der Waals surface area (Å²) in [7, 11) is 1.80. The molecule has 0 radical (unpaired) electrons. The van der Waals surface area contributed by atoms with Crippen LogP contribution in [0.2, 0.25) is 0 Å². The molecule has 1 aromatic heterocycles. The normalized spacial score (nSPS) is 20.1. The summed E-state index contributed by atoms with van der Waals surface area (Å²) in [6.07, 6.45) is 1.97. The molecule has 1 spiro atoms. The molecule has 2 aliphatic rings. The van der Waals surface area contributed by atoms with Gasteiger partial charge >= 0.3 is 6.03 Å². The smallest absolute Gasteiger partial charge is 0.317 e. The van der Waals surface area contributed by atoms with E-state index >= 15 is 0 Å². The van der Waals surface area contributed by atoms with Crippen molar-refractivity contribution in [2.75, 3.05) is 25.0 Å². The van der Waals surface area contributed by atoms with Gasteiger partial charge < -0.3 is 15.1 Å². The molecule has 1 N–H and O–H groups in total. The molecule has 0 unspecified atom stereocenters. The molecule has 7 nitrogen and oxygen atoms in total. The van der Waals surface area contributed by atoms with Crippen LogP contribution in [0.15, 0.2) is 6.07 Å². The SMILES string of the molecule is Cc1cc2n(n1)C1(CCN(C(=O)NC(C)C)CC1)CC(=O)N2C. The van der Waals surface area contributed by atoms with Gasteiger partial charge in [-0.2, -0.15) is 5.10 Å². The van der Waals surface area contributed by atoms with E-state index in [2.05, 4.69) is 10.4 Å². The quantitative estimate of drug-likeness (QED) is 0.852. The molecule has 3 amide bonds. The van der Waals surface area contributed by atoms with Gasteiger partial charge in [-0.3, -0.25) is 4.79 Å². The number of carbonyl (C=O) groups is 2. The number of hydrogen-bond acceptors (Lipinski definition) is 3. The zero-order chi connectivity index (χ0) is 16.8. The zero-order valence-corrected chi connectivity index (χ0v) is 14.3. The van der Waals surface area contributed by atoms with E-state index < -0.39 is 0 Å². The zero-order valence-electron chi connectivity index (χ0n) is 14.3. The predicted octanol–water partition coefficient (Wildman–Crippen LogP) is 1.47. The van der Waals surface area contributed by atoms with Crippen LogP contribution in [0.4, 0.5) is 10.6 Å². The van der Waals surface area contributed by atoms with Crippen LogP contribution >= 0.6 is 0 Å². The lowest BCUT2D eigenvalue weighted by atomic mass is 9.83. The molecule has 1 aromatic rings. The number of carbonyl (C=O) groups excluding carboxylic acids is 2. The number of nitrogens with zero attached hydrogens (tertiary/aromatic N) is 4. The minimum absolute atomic E-state index is 0.0222. The van der Waals surface area contributed by atoms with Crippen molar-refractivity contribution in [2.45, 2.75) is 51.6 Å². The monoisotopic (exact) mass is 319 g/mol. The van der Waals surface area contributed by atoms with E-state index in [1.807, 2.05) is 36.4 Å². The number of fused-ring (bicyclic) bond motifs is 2. The first-order valence-electron chi connectivity index (χ1n) is 8.21. The Kier molecular flexibility index (Phi) is 3.82. The van der Waals surface area contributed by atoms with Crippen LogP contribution < -0.4 is 10.2 Å². The van der Waals surface area contributed by atoms with Crippen LogP contribution in [0.3, 0.4) is 0 Å². The van der Waals surface area contributed by atoms with Crippen molar-refractivity contribution in [3.8, 4) is 0 Å². The number of hydrogen-bond donors (Lipinski definition) is 1. The van der Waals surface area contributed by atoms with Gasteiger partial charge in [0.15, 0.2) is 0 Å². The van der Waals surface area contributed by atoms with E-state index in [4.69, 9.17) is 0 Å². The number of aromatic nitrogens is 2. The van der Waals surface area contributed by atoms with Crippen molar-refractivity contribution in [3.05, 3.63) is 11.8 Å². The third-order valence-electron chi connectivity index (χ3n) is 4.85. The molecule has 1 fully saturated rings. The van der Waals surface area contributed by atoms with E-state index in [1.54, 1.807) is 11.9 Å². The number of anilines is 1. The largest absolute Gasteiger partial charge is 0.336 e. The highest BCUT2D eigenvalue weighted by atomic mass is 16.2. The number of nitrogens with one attached hydrogen (secondary N) is 1. The fourth-order valence-corrected chi connectivity index (χ4v) is 3.53. The number of piperidine rings is 1. The number of rotatable bonds is 1. The van der Waals surface area contributed by atoms with Crippen molar-refractivity contribution in [1.29, 1.82) is 0 Å². The van der Waals surface area contributed by atoms with Crippen molar-refractivity contribution in [3.63, 3.8) is 0 Å². The molecule has 0 saturated carbocycles. The second-order valence-electron chi connectivity index (χ2n) is 7.00. The third-order valence-corrected chi connectivity index (χ3v) is 4.85. The molecule has 2 aliphatic heterocycles. The van der Waals surface area contributed by atoms with E-state index in [1.165, 1.54) is 0 Å². The van der Waals surface area contributed by atoms with Gasteiger partial charge in [-0.15, -0.1) is 0 Å². The minimum Gasteiger partial charge on any atom is -0.336 e. The highest BCUT2D eigenvalue weighted by Gasteiger charge is 2.45. The first-order chi connectivity index (χ1) is 10.8. The van der Waals surface area contributed by atoms with Crippen molar-refractivity contribution < 1.29 is 9.59 Å². The number of likely N-dealkylation sites (tertiary alicyclic amines) is 1. The number of aryl methyl sites for hydroxylation is 1. The fraction of sp³-hybridized carbons (Fsp3) is 0.688. The van der Waals surface area contributed by atoms with Crippen LogP contribution in [0.5, 0.6) is 0 Å². The fourth-order valence-electron chi connectivity index (χ4n) is 3.53. The molecule has 1 saturated heterocycles. The standard InChI is InChI=1S/C16H25N5O2/c1-11(2)17-15(23)20-7-5-16(6-8-20)10-14(22)19(4)13-9-12(3)18-21(13)16/h9,11H,5-8,10H2,1-4H3,(H,17,23). The predicted molar refractivity (Wildman–Crippen MR) is 87.4 cm³/mol. The van der Waals surface area contributed by atoms with Crippen molar-refractivity contribution in [1.82, 2.24) is 20.0 Å². The van der Waals surface area contributed by atoms with Gasteiger partial charge in [-0.1, -0.05) is 0 Å². The van der Waals surface area contributed by atoms with Crippen LogP contribution in [-0.4, -0.2) is 52.8 Å². The third kappa shape index (κ3) is 2.68. The Morgan fingerprint density at radius 3 is 2.61 bits per heavy atom. The summed E-state index contributed by atoms with van der Waals surface area (Å²) >= 11 is 0. The Morgan fingerprint density at radius 1 is 1.35 bits per heavy atom. The van der Waals surface area contributed by atoms with Crippen LogP contribution in [0, 0.1) is 6.92 Å². The Bertz CT molecular complexity index is 628. The summed E-state index contributed by atoms with van der Waals surface area (Å²) < 4.78 is 2.02. The lowest BCUT2D eigenvalue weighted by Crippen LogP contribution is -2.55. The Balaban J connectivity index is 1.81. The molecule has 126 valence electrons. The molecular formula is C16H25N5O2. The summed E-state index contributed by atoms with van der Waals surface area (Å²) in [5.41, 5.74) is 0.628. The first kappa shape index (κ1) is 15.8. The highest BCUT2D eigenvalue weighted by molar-refractivity contribution is 5.94. The molecule has 3 heterocycles. The highest BCUT2D eigenvalue weighted by Crippen LogP contribution is 2.40. The van der Waals surface area contributed by atoms with E-state index in [9.17, 15) is 9.59 Å². The molecule has 23 heavy (non-hydrogen) atoms. The van der Waals surface area contributed by atoms with Gasteiger partial charge in [0.1, 0.15) is 5.82 Å². The van der Waals surface area contributed by atoms with E-state index in [-0.39, 0.29) is 23.5 Å².